The van der Waals surface area contributed by atoms with E-state index < -0.39 is 24.1 Å². The summed E-state index contributed by atoms with van der Waals surface area (Å²) in [5.74, 6) is -1.10. The summed E-state index contributed by atoms with van der Waals surface area (Å²) < 4.78 is 8.10. The second-order valence-corrected chi connectivity index (χ2v) is 16.7. The van der Waals surface area contributed by atoms with Gasteiger partial charge >= 0.3 is 11.9 Å². The summed E-state index contributed by atoms with van der Waals surface area (Å²) in [6.07, 6.45) is 7.72. The first-order valence-electron chi connectivity index (χ1n) is 16.4. The predicted octanol–water partition coefficient (Wildman–Crippen LogP) is 3.40. The second-order valence-electron chi connectivity index (χ2n) is 15.6. The number of pyridine rings is 1. The Morgan fingerprint density at radius 2 is 1.78 bits per heavy atom. The molecule has 10 atom stereocenters. The van der Waals surface area contributed by atoms with Crippen LogP contribution in [0.5, 0.6) is 0 Å². The number of ketones is 1. The predicted molar refractivity (Wildman–Crippen MR) is 171 cm³/mol. The first kappa shape index (κ1) is 36.3. The first-order chi connectivity index (χ1) is 20.5. The minimum Gasteiger partial charge on any atom is -1.00 e. The highest BCUT2D eigenvalue weighted by molar-refractivity contribution is 9.09. The fourth-order valence-electron chi connectivity index (χ4n) is 10.7. The molecule has 250 valence electrons. The van der Waals surface area contributed by atoms with Crippen molar-refractivity contribution in [2.75, 3.05) is 0 Å². The van der Waals surface area contributed by atoms with E-state index in [0.29, 0.717) is 49.0 Å². The number of aliphatic hydroxyl groups is 1. The van der Waals surface area contributed by atoms with E-state index in [1.807, 2.05) is 30.6 Å². The third-order valence-electron chi connectivity index (χ3n) is 13.2. The Kier molecular flexibility index (Phi) is 10.3. The van der Waals surface area contributed by atoms with Crippen molar-refractivity contribution in [3.8, 4) is 0 Å². The van der Waals surface area contributed by atoms with E-state index in [9.17, 15) is 24.6 Å². The first-order valence-corrected chi connectivity index (χ1v) is 17.4. The second kappa shape index (κ2) is 12.8. The van der Waals surface area contributed by atoms with Crippen LogP contribution in [0.25, 0.3) is 0 Å². The molecule has 7 nitrogen and oxygen atoms in total. The Balaban J connectivity index is 0.00000461. The van der Waals surface area contributed by atoms with Crippen molar-refractivity contribution >= 4 is 33.7 Å². The summed E-state index contributed by atoms with van der Waals surface area (Å²) in [5, 5.41) is 22.8. The van der Waals surface area contributed by atoms with E-state index in [0.717, 1.165) is 19.3 Å². The molecule has 0 bridgehead atoms. The van der Waals surface area contributed by atoms with Gasteiger partial charge in [0.15, 0.2) is 17.9 Å². The molecule has 4 saturated carbocycles. The molecule has 1 aromatic heterocycles. The van der Waals surface area contributed by atoms with Gasteiger partial charge in [0, 0.05) is 50.8 Å². The van der Waals surface area contributed by atoms with Crippen LogP contribution in [-0.2, 0) is 24.7 Å². The molecule has 4 fully saturated rings. The van der Waals surface area contributed by atoms with Crippen molar-refractivity contribution in [2.45, 2.75) is 122 Å². The van der Waals surface area contributed by atoms with Gasteiger partial charge in [-0.25, -0.2) is 4.79 Å². The summed E-state index contributed by atoms with van der Waals surface area (Å²) in [5.41, 5.74) is -0.180. The fourth-order valence-corrected chi connectivity index (χ4v) is 11.1. The van der Waals surface area contributed by atoms with E-state index in [1.54, 1.807) is 0 Å². The largest absolute Gasteiger partial charge is 1.00 e. The van der Waals surface area contributed by atoms with Crippen LogP contribution in [0.3, 0.4) is 0 Å². The van der Waals surface area contributed by atoms with Crippen LogP contribution in [0.15, 0.2) is 41.7 Å². The molecule has 0 amide bonds. The summed E-state index contributed by atoms with van der Waals surface area (Å²) in [7, 11) is 0. The minimum atomic E-state index is -0.983. The number of hydrogen-bond donors (Lipinski definition) is 2. The fraction of sp³-hybridized carbons (Fsp3) is 0.722. The number of aliphatic hydroxyl groups excluding tert-OH is 1. The molecule has 4 aliphatic rings. The number of carbonyl (C=O) groups is 3. The Morgan fingerprint density at radius 3 is 2.38 bits per heavy atom. The Bertz CT molecular complexity index is 1350. The summed E-state index contributed by atoms with van der Waals surface area (Å²) >= 11 is 3.88. The molecule has 0 saturated heterocycles. The third-order valence-corrected chi connectivity index (χ3v) is 14.8. The summed E-state index contributed by atoms with van der Waals surface area (Å²) in [6, 6.07) is 5.94. The zero-order valence-electron chi connectivity index (χ0n) is 27.8. The Morgan fingerprint density at radius 1 is 1.13 bits per heavy atom. The van der Waals surface area contributed by atoms with Gasteiger partial charge in [-0.15, -0.1) is 0 Å². The number of ether oxygens (including phenoxy) is 1. The highest BCUT2D eigenvalue weighted by Gasteiger charge is 2.71. The Labute approximate surface area is 287 Å². The van der Waals surface area contributed by atoms with E-state index in [2.05, 4.69) is 62.0 Å². The van der Waals surface area contributed by atoms with E-state index in [-0.39, 0.29) is 67.3 Å². The lowest BCUT2D eigenvalue weighted by atomic mass is 9.36. The molecule has 9 heteroatoms. The molecule has 0 aliphatic heterocycles. The highest BCUT2D eigenvalue weighted by Crippen LogP contribution is 2.74. The average Bonchev–Trinajstić information content (AvgIpc) is 3.22. The van der Waals surface area contributed by atoms with Crippen LogP contribution in [0, 0.1) is 39.9 Å². The quantitative estimate of drug-likeness (QED) is 0.192. The zero-order valence-corrected chi connectivity index (χ0v) is 31.0. The number of halogens is 2. The van der Waals surface area contributed by atoms with Gasteiger partial charge in [-0.3, -0.25) is 9.59 Å². The van der Waals surface area contributed by atoms with Gasteiger partial charge in [-0.2, -0.15) is 4.57 Å². The minimum absolute atomic E-state index is 0. The molecule has 0 spiro atoms. The normalized spacial score (nSPS) is 39.4. The van der Waals surface area contributed by atoms with Gasteiger partial charge in [-0.05, 0) is 84.5 Å². The van der Waals surface area contributed by atoms with Crippen molar-refractivity contribution in [3.63, 3.8) is 0 Å². The average molecular weight is 754 g/mol. The van der Waals surface area contributed by atoms with E-state index in [1.165, 1.54) is 6.92 Å². The molecule has 4 aliphatic carbocycles. The monoisotopic (exact) mass is 751 g/mol. The number of aromatic nitrogens is 1. The number of fused-ring (bicyclic) bond motifs is 5. The number of Topliss-reactive ketones (excluding diaryl/α,β-unsaturated/α-hetero) is 1. The maximum absolute atomic E-state index is 13.1. The van der Waals surface area contributed by atoms with Crippen LogP contribution in [-0.4, -0.2) is 45.0 Å². The molecule has 1 heterocycles. The topological polar surface area (TPSA) is 105 Å². The van der Waals surface area contributed by atoms with Gasteiger partial charge < -0.3 is 31.9 Å². The lowest BCUT2D eigenvalue weighted by Crippen LogP contribution is -3.00. The van der Waals surface area contributed by atoms with E-state index in [4.69, 9.17) is 4.74 Å². The van der Waals surface area contributed by atoms with Gasteiger partial charge in [0.1, 0.15) is 11.9 Å². The maximum Gasteiger partial charge on any atom is 0.331 e. The van der Waals surface area contributed by atoms with Gasteiger partial charge in [-0.1, -0.05) is 49.7 Å². The van der Waals surface area contributed by atoms with Gasteiger partial charge in [0.25, 0.3) is 0 Å². The van der Waals surface area contributed by atoms with E-state index >= 15 is 0 Å². The molecule has 2 N–H and O–H groups in total. The number of nitrogens with zero attached hydrogens (tertiary/aromatic N) is 1. The number of hydrogen-bond acceptors (Lipinski definition) is 5. The summed E-state index contributed by atoms with van der Waals surface area (Å²) in [4.78, 5) is 38.3. The molecular weight excluding hydrogens is 702 g/mol. The third kappa shape index (κ3) is 5.79. The number of alkyl halides is 1. The number of carbonyl (C=O) groups excluding carboxylic acids is 2. The van der Waals surface area contributed by atoms with Crippen LogP contribution in [0.1, 0.15) is 99.8 Å². The number of aliphatic carboxylic acids is 1. The molecule has 1 aromatic rings. The number of rotatable bonds is 7. The van der Waals surface area contributed by atoms with Gasteiger partial charge in [0.05, 0.1) is 10.9 Å². The van der Waals surface area contributed by atoms with Crippen molar-refractivity contribution in [2.24, 2.45) is 39.9 Å². The molecule has 45 heavy (non-hydrogen) atoms. The zero-order chi connectivity index (χ0) is 32.4. The molecule has 0 radical (unpaired) electrons. The highest BCUT2D eigenvalue weighted by atomic mass is 79.9. The molecule has 5 rings (SSSR count). The van der Waals surface area contributed by atoms with Crippen LogP contribution >= 0.6 is 15.9 Å². The van der Waals surface area contributed by atoms with Crippen molar-refractivity contribution in [1.29, 1.82) is 0 Å². The summed E-state index contributed by atoms with van der Waals surface area (Å²) in [6.45, 7) is 14.5. The standard InChI is InChI=1S/C36H50BrNO6.BrH/c1-21-24-13-16-35(6)31(34(24,5)15-14-26(21)40)27(41)19-25-30(28(44-22(2)39)20-36(25,35)7)23(32(42)43)11-12-29(37)33(3,4)38-17-9-8-10-18-38;/h8-10,17-18,21,24-25,27-29,31,41H,11-16,19-20H2,1-7H3;1H/b30-23-;/t21-,24?,25?,27+,28-,29?,31?,34-,35-,36-;/m0./s1. The Hall–Kier alpha value is -1.58. The maximum atomic E-state index is 13.1. The molecule has 0 aromatic carbocycles. The smallest absolute Gasteiger partial charge is 0.331 e. The van der Waals surface area contributed by atoms with Crippen LogP contribution in [0.2, 0.25) is 0 Å². The van der Waals surface area contributed by atoms with Crippen LogP contribution < -0.4 is 21.5 Å². The number of esters is 1. The van der Waals surface area contributed by atoms with Crippen molar-refractivity contribution in [3.05, 3.63) is 41.7 Å². The number of carboxylic acid groups (broad SMARTS) is 1. The van der Waals surface area contributed by atoms with Gasteiger partial charge in [0.2, 0.25) is 0 Å². The number of carboxylic acids is 1. The lowest BCUT2D eigenvalue weighted by molar-refractivity contribution is -0.757. The van der Waals surface area contributed by atoms with Crippen LogP contribution in [0.4, 0.5) is 0 Å². The molecular formula is C36H51Br2NO6. The lowest BCUT2D eigenvalue weighted by Gasteiger charge is -2.68. The molecule has 4 unspecified atom stereocenters. The SMILES string of the molecule is CC(=O)O[C@H]1C[C@@]2(C)C(C[C@@H](O)C3[C@@]4(C)CCC(=O)[C@@H](C)C4CC[C@@]32C)/C1=C(\CCC(Br)C(C)(C)[n+]1ccccc1)C(=O)O.[Br-]. The van der Waals surface area contributed by atoms with Crippen molar-refractivity contribution in [1.82, 2.24) is 0 Å². The van der Waals surface area contributed by atoms with Crippen molar-refractivity contribution < 1.29 is 50.9 Å².